The molecule has 0 spiro atoms. The van der Waals surface area contributed by atoms with E-state index in [0.29, 0.717) is 6.42 Å². The van der Waals surface area contributed by atoms with E-state index in [1.54, 1.807) is 0 Å². The highest BCUT2D eigenvalue weighted by Gasteiger charge is 2.34. The molecular formula is C16H22N2O4S. The molecule has 1 aliphatic heterocycles. The number of rotatable bonds is 4. The summed E-state index contributed by atoms with van der Waals surface area (Å²) in [4.78, 5) is 25.6. The largest absolute Gasteiger partial charge is 0.336 e. The summed E-state index contributed by atoms with van der Waals surface area (Å²) in [6.45, 7) is 3.78. The Hall–Kier alpha value is -1.89. The lowest BCUT2D eigenvalue weighted by molar-refractivity contribution is -0.136. The zero-order valence-electron chi connectivity index (χ0n) is 13.6. The van der Waals surface area contributed by atoms with Crippen molar-refractivity contribution >= 4 is 27.3 Å². The third-order valence-electron chi connectivity index (χ3n) is 4.22. The zero-order valence-corrected chi connectivity index (χ0v) is 14.4. The predicted molar refractivity (Wildman–Crippen MR) is 88.9 cm³/mol. The Bertz CT molecular complexity index is 728. The van der Waals surface area contributed by atoms with Crippen LogP contribution in [0.15, 0.2) is 18.2 Å². The molecule has 7 heteroatoms. The number of aryl methyl sites for hydroxylation is 1. The molecule has 2 rings (SSSR count). The van der Waals surface area contributed by atoms with Gasteiger partial charge in [0.2, 0.25) is 11.8 Å². The van der Waals surface area contributed by atoms with E-state index in [1.165, 1.54) is 11.9 Å². The molecule has 1 saturated heterocycles. The van der Waals surface area contributed by atoms with Crippen LogP contribution in [0.1, 0.15) is 17.5 Å². The fourth-order valence-corrected chi connectivity index (χ4v) is 4.40. The number of carbonyl (C=O) groups is 2. The third-order valence-corrected chi connectivity index (χ3v) is 5.99. The molecule has 0 aliphatic carbocycles. The number of likely N-dealkylation sites (N-methyl/N-ethyl adjacent to an activating group) is 1. The second kappa shape index (κ2) is 6.70. The monoisotopic (exact) mass is 338 g/mol. The summed E-state index contributed by atoms with van der Waals surface area (Å²) in [5, 5.41) is 2.79. The molecule has 1 heterocycles. The van der Waals surface area contributed by atoms with Crippen LogP contribution in [-0.2, 0) is 19.4 Å². The maximum atomic E-state index is 12.2. The highest BCUT2D eigenvalue weighted by Crippen LogP contribution is 2.21. The lowest BCUT2D eigenvalue weighted by Crippen LogP contribution is -2.39. The minimum Gasteiger partial charge on any atom is -0.336 e. The van der Waals surface area contributed by atoms with Crippen molar-refractivity contribution in [2.24, 2.45) is 5.92 Å². The number of anilines is 1. The van der Waals surface area contributed by atoms with Gasteiger partial charge in [0.15, 0.2) is 9.84 Å². The first-order valence-electron chi connectivity index (χ1n) is 7.51. The number of nitrogens with one attached hydrogen (secondary N) is 1. The van der Waals surface area contributed by atoms with Crippen molar-refractivity contribution in [3.05, 3.63) is 29.3 Å². The number of hydrogen-bond acceptors (Lipinski definition) is 4. The number of hydrogen-bond donors (Lipinski definition) is 1. The van der Waals surface area contributed by atoms with Crippen LogP contribution < -0.4 is 5.32 Å². The third kappa shape index (κ3) is 4.31. The molecule has 0 radical (unpaired) electrons. The molecule has 1 aromatic carbocycles. The molecule has 1 unspecified atom stereocenters. The van der Waals surface area contributed by atoms with Crippen molar-refractivity contribution in [1.82, 2.24) is 4.90 Å². The van der Waals surface area contributed by atoms with Crippen molar-refractivity contribution in [1.29, 1.82) is 0 Å². The second-order valence-electron chi connectivity index (χ2n) is 6.09. The van der Waals surface area contributed by atoms with Crippen LogP contribution in [0.4, 0.5) is 5.69 Å². The van der Waals surface area contributed by atoms with Gasteiger partial charge in [-0.3, -0.25) is 9.59 Å². The van der Waals surface area contributed by atoms with Crippen LogP contribution in [-0.4, -0.2) is 50.2 Å². The molecule has 126 valence electrons. The molecule has 23 heavy (non-hydrogen) atoms. The van der Waals surface area contributed by atoms with Crippen LogP contribution in [0.2, 0.25) is 0 Å². The van der Waals surface area contributed by atoms with E-state index >= 15 is 0 Å². The predicted octanol–water partition coefficient (Wildman–Crippen LogP) is 1.14. The Morgan fingerprint density at radius 2 is 2.00 bits per heavy atom. The summed E-state index contributed by atoms with van der Waals surface area (Å²) in [6.07, 6.45) is 0.337. The number of benzene rings is 1. The number of carbonyl (C=O) groups excluding carboxylic acids is 2. The van der Waals surface area contributed by atoms with Gasteiger partial charge in [0.1, 0.15) is 0 Å². The van der Waals surface area contributed by atoms with Gasteiger partial charge in [-0.25, -0.2) is 8.42 Å². The van der Waals surface area contributed by atoms with E-state index in [9.17, 15) is 18.0 Å². The maximum Gasteiger partial charge on any atom is 0.243 e. The van der Waals surface area contributed by atoms with Crippen LogP contribution in [0, 0.1) is 19.8 Å². The van der Waals surface area contributed by atoms with Crippen molar-refractivity contribution in [3.8, 4) is 0 Å². The van der Waals surface area contributed by atoms with Crippen LogP contribution in [0.5, 0.6) is 0 Å². The number of nitrogens with zero attached hydrogens (tertiary/aromatic N) is 1. The summed E-state index contributed by atoms with van der Waals surface area (Å²) < 4.78 is 22.9. The second-order valence-corrected chi connectivity index (χ2v) is 8.32. The summed E-state index contributed by atoms with van der Waals surface area (Å²) in [7, 11) is -1.59. The Morgan fingerprint density at radius 3 is 2.61 bits per heavy atom. The average Bonchev–Trinajstić information content (AvgIpc) is 2.83. The molecule has 1 aliphatic rings. The van der Waals surface area contributed by atoms with Gasteiger partial charge >= 0.3 is 0 Å². The van der Waals surface area contributed by atoms with E-state index in [4.69, 9.17) is 0 Å². The summed E-state index contributed by atoms with van der Waals surface area (Å²) in [5.41, 5.74) is 2.78. The van der Waals surface area contributed by atoms with E-state index in [1.807, 2.05) is 32.0 Å². The Labute approximate surface area is 136 Å². The fourth-order valence-electron chi connectivity index (χ4n) is 2.67. The molecule has 1 atom stereocenters. The van der Waals surface area contributed by atoms with Crippen molar-refractivity contribution in [2.45, 2.75) is 20.3 Å². The van der Waals surface area contributed by atoms with Crippen molar-refractivity contribution in [3.63, 3.8) is 0 Å². The first-order valence-corrected chi connectivity index (χ1v) is 9.33. The lowest BCUT2D eigenvalue weighted by Gasteiger charge is -2.20. The Morgan fingerprint density at radius 1 is 1.30 bits per heavy atom. The van der Waals surface area contributed by atoms with Crippen molar-refractivity contribution in [2.75, 3.05) is 30.4 Å². The van der Waals surface area contributed by atoms with E-state index < -0.39 is 15.8 Å². The molecule has 0 bridgehead atoms. The molecule has 1 aromatic rings. The Balaban J connectivity index is 1.94. The van der Waals surface area contributed by atoms with Gasteiger partial charge in [-0.1, -0.05) is 12.1 Å². The smallest absolute Gasteiger partial charge is 0.243 e. The molecule has 0 aromatic heterocycles. The first-order chi connectivity index (χ1) is 10.7. The highest BCUT2D eigenvalue weighted by molar-refractivity contribution is 7.91. The molecule has 6 nitrogen and oxygen atoms in total. The zero-order chi connectivity index (χ0) is 17.2. The lowest BCUT2D eigenvalue weighted by atomic mass is 10.1. The van der Waals surface area contributed by atoms with Crippen molar-refractivity contribution < 1.29 is 18.0 Å². The van der Waals surface area contributed by atoms with E-state index in [-0.39, 0.29) is 29.9 Å². The quantitative estimate of drug-likeness (QED) is 0.892. The molecule has 2 amide bonds. The number of amides is 2. The van der Waals surface area contributed by atoms with Gasteiger partial charge in [0, 0.05) is 12.7 Å². The first kappa shape index (κ1) is 17.5. The van der Waals surface area contributed by atoms with Gasteiger partial charge in [0.05, 0.1) is 24.0 Å². The average molecular weight is 338 g/mol. The summed E-state index contributed by atoms with van der Waals surface area (Å²) in [6, 6.07) is 5.63. The standard InChI is InChI=1S/C16H22N2O4S/c1-11-5-4-6-14(12(11)2)17-15(19)9-18(3)16(20)13-7-8-23(21,22)10-13/h4-6,13H,7-10H2,1-3H3,(H,17,19). The van der Waals surface area contributed by atoms with Gasteiger partial charge in [-0.05, 0) is 37.5 Å². The normalized spacial score (nSPS) is 19.3. The summed E-state index contributed by atoms with van der Waals surface area (Å²) in [5.74, 6) is -1.18. The van der Waals surface area contributed by atoms with Crippen LogP contribution >= 0.6 is 0 Å². The van der Waals surface area contributed by atoms with Crippen LogP contribution in [0.25, 0.3) is 0 Å². The summed E-state index contributed by atoms with van der Waals surface area (Å²) >= 11 is 0. The topological polar surface area (TPSA) is 83.6 Å². The van der Waals surface area contributed by atoms with Gasteiger partial charge < -0.3 is 10.2 Å². The van der Waals surface area contributed by atoms with E-state index in [0.717, 1.165) is 16.8 Å². The molecule has 1 N–H and O–H groups in total. The maximum absolute atomic E-state index is 12.2. The Kier molecular flexibility index (Phi) is 5.09. The SMILES string of the molecule is Cc1cccc(NC(=O)CN(C)C(=O)C2CCS(=O)(=O)C2)c1C. The van der Waals surface area contributed by atoms with Gasteiger partial charge in [-0.15, -0.1) is 0 Å². The van der Waals surface area contributed by atoms with Crippen LogP contribution in [0.3, 0.4) is 0 Å². The van der Waals surface area contributed by atoms with E-state index in [2.05, 4.69) is 5.32 Å². The minimum atomic E-state index is -3.11. The number of sulfone groups is 1. The molecule has 1 fully saturated rings. The minimum absolute atomic E-state index is 0.0475. The van der Waals surface area contributed by atoms with Gasteiger partial charge in [0.25, 0.3) is 0 Å². The molecule has 0 saturated carbocycles. The molecular weight excluding hydrogens is 316 g/mol. The fraction of sp³-hybridized carbons (Fsp3) is 0.500. The van der Waals surface area contributed by atoms with Gasteiger partial charge in [-0.2, -0.15) is 0 Å². The highest BCUT2D eigenvalue weighted by atomic mass is 32.2.